The van der Waals surface area contributed by atoms with Crippen LogP contribution < -0.4 is 10.2 Å². The van der Waals surface area contributed by atoms with E-state index in [-0.39, 0.29) is 5.91 Å². The Labute approximate surface area is 129 Å². The number of methoxy groups -OCH3 is 1. The van der Waals surface area contributed by atoms with Crippen LogP contribution in [0.4, 0.5) is 0 Å². The molecule has 0 aromatic heterocycles. The van der Waals surface area contributed by atoms with Crippen molar-refractivity contribution in [2.24, 2.45) is 5.10 Å². The van der Waals surface area contributed by atoms with E-state index in [4.69, 9.17) is 4.74 Å². The minimum absolute atomic E-state index is 0.210. The number of rotatable bonds is 3. The Bertz CT molecular complexity index is 705. The van der Waals surface area contributed by atoms with Gasteiger partial charge < -0.3 is 4.74 Å². The van der Waals surface area contributed by atoms with Crippen LogP contribution in [0.1, 0.15) is 34.3 Å². The van der Waals surface area contributed by atoms with E-state index in [9.17, 15) is 4.79 Å². The van der Waals surface area contributed by atoms with E-state index >= 15 is 0 Å². The van der Waals surface area contributed by atoms with Gasteiger partial charge in [-0.15, -0.1) is 0 Å². The highest BCUT2D eigenvalue weighted by Gasteiger charge is 2.15. The Balaban J connectivity index is 1.75. The van der Waals surface area contributed by atoms with Crippen molar-refractivity contribution in [3.8, 4) is 5.75 Å². The molecule has 2 aromatic carbocycles. The summed E-state index contributed by atoms with van der Waals surface area (Å²) in [6.07, 6.45) is 3.02. The van der Waals surface area contributed by atoms with E-state index in [0.717, 1.165) is 36.3 Å². The predicted octanol–water partition coefficient (Wildman–Crippen LogP) is 3.17. The summed E-state index contributed by atoms with van der Waals surface area (Å²) < 4.78 is 5.08. The fourth-order valence-electron chi connectivity index (χ4n) is 2.64. The summed E-state index contributed by atoms with van der Waals surface area (Å²) in [5.41, 5.74) is 6.61. The van der Waals surface area contributed by atoms with E-state index in [2.05, 4.69) is 22.7 Å². The fourth-order valence-corrected chi connectivity index (χ4v) is 2.64. The molecule has 1 aliphatic carbocycles. The minimum Gasteiger partial charge on any atom is -0.497 e. The zero-order valence-corrected chi connectivity index (χ0v) is 12.5. The second kappa shape index (κ2) is 6.43. The third-order valence-corrected chi connectivity index (χ3v) is 3.83. The lowest BCUT2D eigenvalue weighted by Crippen LogP contribution is -2.22. The quantitative estimate of drug-likeness (QED) is 0.884. The van der Waals surface area contributed by atoms with Gasteiger partial charge in [-0.25, -0.2) is 5.43 Å². The minimum atomic E-state index is -0.210. The van der Waals surface area contributed by atoms with Crippen LogP contribution in [-0.2, 0) is 6.42 Å². The van der Waals surface area contributed by atoms with E-state index in [1.54, 1.807) is 31.4 Å². The SMILES string of the molecule is COc1ccc(C(=O)N/N=C2/CCCc3ccccc32)cc1. The van der Waals surface area contributed by atoms with Crippen molar-refractivity contribution in [2.75, 3.05) is 7.11 Å². The molecule has 0 spiro atoms. The Morgan fingerprint density at radius 1 is 1.09 bits per heavy atom. The smallest absolute Gasteiger partial charge is 0.271 e. The molecule has 0 bridgehead atoms. The van der Waals surface area contributed by atoms with Crippen molar-refractivity contribution in [1.29, 1.82) is 0 Å². The van der Waals surface area contributed by atoms with Gasteiger partial charge in [0.15, 0.2) is 0 Å². The van der Waals surface area contributed by atoms with Gasteiger partial charge in [-0.2, -0.15) is 5.10 Å². The summed E-state index contributed by atoms with van der Waals surface area (Å²) in [6.45, 7) is 0. The van der Waals surface area contributed by atoms with Gasteiger partial charge in [-0.3, -0.25) is 4.79 Å². The summed E-state index contributed by atoms with van der Waals surface area (Å²) in [6, 6.07) is 15.2. The molecular weight excluding hydrogens is 276 g/mol. The number of aryl methyl sites for hydroxylation is 1. The van der Waals surface area contributed by atoms with Crippen molar-refractivity contribution in [3.63, 3.8) is 0 Å². The van der Waals surface area contributed by atoms with Crippen LogP contribution in [0.25, 0.3) is 0 Å². The summed E-state index contributed by atoms with van der Waals surface area (Å²) in [5.74, 6) is 0.516. The highest BCUT2D eigenvalue weighted by atomic mass is 16.5. The van der Waals surface area contributed by atoms with Crippen LogP contribution in [0.2, 0.25) is 0 Å². The van der Waals surface area contributed by atoms with Crippen LogP contribution in [-0.4, -0.2) is 18.7 Å². The standard InChI is InChI=1S/C18H18N2O2/c1-22-15-11-9-14(10-12-15)18(21)20-19-17-8-4-6-13-5-2-3-7-16(13)17/h2-3,5,7,9-12H,4,6,8H2,1H3,(H,20,21)/b19-17-. The van der Waals surface area contributed by atoms with Gasteiger partial charge in [0.1, 0.15) is 5.75 Å². The molecule has 4 heteroatoms. The first-order chi connectivity index (χ1) is 10.8. The topological polar surface area (TPSA) is 50.7 Å². The highest BCUT2D eigenvalue weighted by Crippen LogP contribution is 2.21. The van der Waals surface area contributed by atoms with E-state index in [1.807, 2.05) is 12.1 Å². The molecule has 1 amide bonds. The molecule has 0 atom stereocenters. The van der Waals surface area contributed by atoms with E-state index < -0.39 is 0 Å². The number of ether oxygens (including phenoxy) is 1. The van der Waals surface area contributed by atoms with Crippen LogP contribution in [0.3, 0.4) is 0 Å². The summed E-state index contributed by atoms with van der Waals surface area (Å²) in [7, 11) is 1.60. The number of nitrogens with zero attached hydrogens (tertiary/aromatic N) is 1. The van der Waals surface area contributed by atoms with Crippen LogP contribution >= 0.6 is 0 Å². The molecule has 0 radical (unpaired) electrons. The number of amides is 1. The average molecular weight is 294 g/mol. The average Bonchev–Trinajstić information content (AvgIpc) is 2.59. The molecular formula is C18H18N2O2. The maximum absolute atomic E-state index is 12.1. The first-order valence-corrected chi connectivity index (χ1v) is 7.37. The molecule has 1 aliphatic rings. The molecule has 0 fully saturated rings. The first kappa shape index (κ1) is 14.3. The molecule has 0 aliphatic heterocycles. The van der Waals surface area contributed by atoms with Gasteiger partial charge in [-0.1, -0.05) is 24.3 Å². The molecule has 3 rings (SSSR count). The van der Waals surface area contributed by atoms with Gasteiger partial charge in [0, 0.05) is 11.1 Å². The Morgan fingerprint density at radius 2 is 1.86 bits per heavy atom. The van der Waals surface area contributed by atoms with Crippen LogP contribution in [0.15, 0.2) is 53.6 Å². The number of benzene rings is 2. The molecule has 1 N–H and O–H groups in total. The lowest BCUT2D eigenvalue weighted by molar-refractivity contribution is 0.0954. The van der Waals surface area contributed by atoms with Crippen molar-refractivity contribution in [2.45, 2.75) is 19.3 Å². The zero-order chi connectivity index (χ0) is 15.4. The number of carbonyl (C=O) groups excluding carboxylic acids is 1. The summed E-state index contributed by atoms with van der Waals surface area (Å²) in [5, 5.41) is 4.33. The summed E-state index contributed by atoms with van der Waals surface area (Å²) >= 11 is 0. The molecule has 0 saturated carbocycles. The lowest BCUT2D eigenvalue weighted by atomic mass is 9.90. The monoisotopic (exact) mass is 294 g/mol. The maximum atomic E-state index is 12.1. The number of fused-ring (bicyclic) bond motifs is 1. The van der Waals surface area contributed by atoms with Gasteiger partial charge in [-0.05, 0) is 49.1 Å². The third-order valence-electron chi connectivity index (χ3n) is 3.83. The van der Waals surface area contributed by atoms with E-state index in [0.29, 0.717) is 5.56 Å². The Kier molecular flexibility index (Phi) is 4.19. The van der Waals surface area contributed by atoms with Crippen molar-refractivity contribution in [1.82, 2.24) is 5.43 Å². The number of hydrogen-bond donors (Lipinski definition) is 1. The number of hydrogen-bond acceptors (Lipinski definition) is 3. The molecule has 0 unspecified atom stereocenters. The van der Waals surface area contributed by atoms with Crippen molar-refractivity contribution < 1.29 is 9.53 Å². The first-order valence-electron chi connectivity index (χ1n) is 7.37. The normalized spacial score (nSPS) is 15.2. The second-order valence-electron chi connectivity index (χ2n) is 5.24. The Morgan fingerprint density at radius 3 is 2.64 bits per heavy atom. The molecule has 112 valence electrons. The largest absolute Gasteiger partial charge is 0.497 e. The van der Waals surface area contributed by atoms with Gasteiger partial charge in [0.2, 0.25) is 0 Å². The van der Waals surface area contributed by atoms with Crippen molar-refractivity contribution >= 4 is 11.6 Å². The second-order valence-corrected chi connectivity index (χ2v) is 5.24. The Hall–Kier alpha value is -2.62. The fraction of sp³-hybridized carbons (Fsp3) is 0.222. The molecule has 0 heterocycles. The maximum Gasteiger partial charge on any atom is 0.271 e. The number of carbonyl (C=O) groups is 1. The van der Waals surface area contributed by atoms with Crippen LogP contribution in [0, 0.1) is 0 Å². The predicted molar refractivity (Wildman–Crippen MR) is 86.4 cm³/mol. The number of hydrazone groups is 1. The highest BCUT2D eigenvalue weighted by molar-refractivity contribution is 6.04. The lowest BCUT2D eigenvalue weighted by Gasteiger charge is -2.17. The molecule has 22 heavy (non-hydrogen) atoms. The molecule has 0 saturated heterocycles. The molecule has 4 nitrogen and oxygen atoms in total. The third kappa shape index (κ3) is 3.01. The number of nitrogens with one attached hydrogen (secondary N) is 1. The van der Waals surface area contributed by atoms with Crippen molar-refractivity contribution in [3.05, 3.63) is 65.2 Å². The molecule has 2 aromatic rings. The van der Waals surface area contributed by atoms with Gasteiger partial charge >= 0.3 is 0 Å². The van der Waals surface area contributed by atoms with Gasteiger partial charge in [0.25, 0.3) is 5.91 Å². The van der Waals surface area contributed by atoms with Gasteiger partial charge in [0.05, 0.1) is 12.8 Å². The van der Waals surface area contributed by atoms with Crippen LogP contribution in [0.5, 0.6) is 5.75 Å². The summed E-state index contributed by atoms with van der Waals surface area (Å²) in [4.78, 5) is 12.1. The van der Waals surface area contributed by atoms with E-state index in [1.165, 1.54) is 5.56 Å². The zero-order valence-electron chi connectivity index (χ0n) is 12.5.